The molecule has 1 heterocycles. The number of rotatable bonds is 5. The van der Waals surface area contributed by atoms with E-state index >= 15 is 0 Å². The zero-order valence-electron chi connectivity index (χ0n) is 10.9. The molecule has 0 spiro atoms. The Balaban J connectivity index is 2.66. The molecule has 1 rings (SSSR count). The zero-order valence-corrected chi connectivity index (χ0v) is 11.7. The molecule has 1 atom stereocenters. The van der Waals surface area contributed by atoms with Crippen LogP contribution < -0.4 is 5.73 Å². The van der Waals surface area contributed by atoms with Crippen LogP contribution in [0, 0.1) is 0 Å². The van der Waals surface area contributed by atoms with E-state index in [2.05, 4.69) is 5.16 Å². The van der Waals surface area contributed by atoms with Crippen molar-refractivity contribution >= 4 is 16.0 Å². The van der Waals surface area contributed by atoms with Crippen molar-refractivity contribution in [2.45, 2.75) is 38.6 Å². The van der Waals surface area contributed by atoms with E-state index in [1.54, 1.807) is 0 Å². The molecule has 106 valence electrons. The third-order valence-electron chi connectivity index (χ3n) is 3.24. The molecule has 3 N–H and O–H groups in total. The Hall–Kier alpha value is -0.860. The SMILES string of the molecule is CC1CCCCN1S(=O)(=O)N(C)CC/C(N)=N/O. The molecule has 0 aromatic heterocycles. The van der Waals surface area contributed by atoms with Gasteiger partial charge in [-0.2, -0.15) is 17.0 Å². The lowest BCUT2D eigenvalue weighted by atomic mass is 10.1. The number of piperidine rings is 1. The lowest BCUT2D eigenvalue weighted by molar-refractivity contribution is 0.250. The molecule has 0 saturated carbocycles. The van der Waals surface area contributed by atoms with E-state index in [0.29, 0.717) is 6.54 Å². The highest BCUT2D eigenvalue weighted by atomic mass is 32.2. The molecule has 1 fully saturated rings. The summed E-state index contributed by atoms with van der Waals surface area (Å²) in [5.74, 6) is 0.0312. The minimum Gasteiger partial charge on any atom is -0.409 e. The summed E-state index contributed by atoms with van der Waals surface area (Å²) in [6.07, 6.45) is 3.08. The van der Waals surface area contributed by atoms with Gasteiger partial charge in [0.15, 0.2) is 0 Å². The predicted molar refractivity (Wildman–Crippen MR) is 69.6 cm³/mol. The van der Waals surface area contributed by atoms with Crippen molar-refractivity contribution in [3.05, 3.63) is 0 Å². The smallest absolute Gasteiger partial charge is 0.281 e. The Labute approximate surface area is 108 Å². The summed E-state index contributed by atoms with van der Waals surface area (Å²) in [4.78, 5) is 0. The van der Waals surface area contributed by atoms with Gasteiger partial charge in [-0.3, -0.25) is 0 Å². The van der Waals surface area contributed by atoms with Gasteiger partial charge in [-0.1, -0.05) is 11.6 Å². The molecule has 1 aliphatic heterocycles. The monoisotopic (exact) mass is 278 g/mol. The summed E-state index contributed by atoms with van der Waals surface area (Å²) >= 11 is 0. The normalized spacial score (nSPS) is 23.5. The molecule has 1 saturated heterocycles. The highest BCUT2D eigenvalue weighted by Gasteiger charge is 2.32. The van der Waals surface area contributed by atoms with Crippen LogP contribution in [0.3, 0.4) is 0 Å². The maximum Gasteiger partial charge on any atom is 0.281 e. The number of oxime groups is 1. The van der Waals surface area contributed by atoms with Crippen LogP contribution in [-0.2, 0) is 10.2 Å². The number of nitrogens with zero attached hydrogens (tertiary/aromatic N) is 3. The average Bonchev–Trinajstić information content (AvgIpc) is 2.35. The van der Waals surface area contributed by atoms with Crippen LogP contribution in [-0.4, -0.2) is 54.3 Å². The number of hydrogen-bond acceptors (Lipinski definition) is 4. The van der Waals surface area contributed by atoms with Gasteiger partial charge in [0.25, 0.3) is 10.2 Å². The van der Waals surface area contributed by atoms with Crippen LogP contribution in [0.5, 0.6) is 0 Å². The molecule has 0 aliphatic carbocycles. The fraction of sp³-hybridized carbons (Fsp3) is 0.900. The first kappa shape index (κ1) is 15.2. The second-order valence-electron chi connectivity index (χ2n) is 4.63. The lowest BCUT2D eigenvalue weighted by Gasteiger charge is -2.35. The minimum atomic E-state index is -3.44. The highest BCUT2D eigenvalue weighted by molar-refractivity contribution is 7.86. The van der Waals surface area contributed by atoms with E-state index in [0.717, 1.165) is 19.3 Å². The van der Waals surface area contributed by atoms with Crippen molar-refractivity contribution in [1.82, 2.24) is 8.61 Å². The van der Waals surface area contributed by atoms with Crippen molar-refractivity contribution in [2.75, 3.05) is 20.1 Å². The van der Waals surface area contributed by atoms with Crippen LogP contribution >= 0.6 is 0 Å². The standard InChI is InChI=1S/C10H22N4O3S/c1-9-5-3-4-7-14(9)18(16,17)13(2)8-6-10(11)12-15/h9,15H,3-8H2,1-2H3,(H2,11,12). The van der Waals surface area contributed by atoms with E-state index in [-0.39, 0.29) is 24.8 Å². The first-order valence-corrected chi connectivity index (χ1v) is 7.48. The predicted octanol–water partition coefficient (Wildman–Crippen LogP) is 0.174. The van der Waals surface area contributed by atoms with E-state index in [1.807, 2.05) is 6.92 Å². The maximum atomic E-state index is 12.3. The van der Waals surface area contributed by atoms with E-state index in [9.17, 15) is 8.42 Å². The van der Waals surface area contributed by atoms with Crippen molar-refractivity contribution in [2.24, 2.45) is 10.9 Å². The topological polar surface area (TPSA) is 99.2 Å². The van der Waals surface area contributed by atoms with Crippen molar-refractivity contribution in [3.63, 3.8) is 0 Å². The molecular weight excluding hydrogens is 256 g/mol. The first-order valence-electron chi connectivity index (χ1n) is 6.09. The van der Waals surface area contributed by atoms with Gasteiger partial charge >= 0.3 is 0 Å². The number of nitrogens with two attached hydrogens (primary N) is 1. The summed E-state index contributed by atoms with van der Waals surface area (Å²) in [5, 5.41) is 11.3. The van der Waals surface area contributed by atoms with Gasteiger partial charge in [0, 0.05) is 32.6 Å². The van der Waals surface area contributed by atoms with Gasteiger partial charge in [0.1, 0.15) is 5.84 Å². The Morgan fingerprint density at radius 1 is 1.56 bits per heavy atom. The molecule has 0 radical (unpaired) electrons. The second kappa shape index (κ2) is 6.35. The molecule has 1 aliphatic rings. The van der Waals surface area contributed by atoms with Gasteiger partial charge < -0.3 is 10.9 Å². The average molecular weight is 278 g/mol. The van der Waals surface area contributed by atoms with Crippen LogP contribution in [0.2, 0.25) is 0 Å². The molecule has 7 nitrogen and oxygen atoms in total. The van der Waals surface area contributed by atoms with Gasteiger partial charge in [0.2, 0.25) is 0 Å². The second-order valence-corrected chi connectivity index (χ2v) is 6.61. The molecule has 18 heavy (non-hydrogen) atoms. The van der Waals surface area contributed by atoms with Crippen molar-refractivity contribution in [3.8, 4) is 0 Å². The quantitative estimate of drug-likeness (QED) is 0.324. The maximum absolute atomic E-state index is 12.3. The molecule has 8 heteroatoms. The summed E-state index contributed by atoms with van der Waals surface area (Å²) in [6, 6.07) is 0.0371. The summed E-state index contributed by atoms with van der Waals surface area (Å²) in [7, 11) is -1.93. The molecule has 0 aromatic rings. The molecule has 0 bridgehead atoms. The number of amidine groups is 1. The van der Waals surface area contributed by atoms with E-state index in [4.69, 9.17) is 10.9 Å². The number of hydrogen-bond donors (Lipinski definition) is 2. The van der Waals surface area contributed by atoms with Crippen LogP contribution in [0.15, 0.2) is 5.16 Å². The van der Waals surface area contributed by atoms with Gasteiger partial charge in [-0.25, -0.2) is 0 Å². The van der Waals surface area contributed by atoms with Crippen molar-refractivity contribution in [1.29, 1.82) is 0 Å². The summed E-state index contributed by atoms with van der Waals surface area (Å²) in [5.41, 5.74) is 5.34. The van der Waals surface area contributed by atoms with Gasteiger partial charge in [0.05, 0.1) is 0 Å². The summed E-state index contributed by atoms with van der Waals surface area (Å²) < 4.78 is 27.4. The third-order valence-corrected chi connectivity index (χ3v) is 5.35. The molecule has 0 aromatic carbocycles. The Kier molecular flexibility index (Phi) is 5.36. The van der Waals surface area contributed by atoms with Crippen LogP contribution in [0.4, 0.5) is 0 Å². The first-order chi connectivity index (χ1) is 8.39. The highest BCUT2D eigenvalue weighted by Crippen LogP contribution is 2.21. The Bertz CT molecular complexity index is 396. The van der Waals surface area contributed by atoms with Crippen LogP contribution in [0.1, 0.15) is 32.6 Å². The van der Waals surface area contributed by atoms with Crippen LogP contribution in [0.25, 0.3) is 0 Å². The molecular formula is C10H22N4O3S. The van der Waals surface area contributed by atoms with E-state index < -0.39 is 10.2 Å². The summed E-state index contributed by atoms with van der Waals surface area (Å²) in [6.45, 7) is 2.70. The Morgan fingerprint density at radius 3 is 2.78 bits per heavy atom. The fourth-order valence-electron chi connectivity index (χ4n) is 2.03. The largest absolute Gasteiger partial charge is 0.409 e. The Morgan fingerprint density at radius 2 is 2.22 bits per heavy atom. The van der Waals surface area contributed by atoms with Gasteiger partial charge in [-0.15, -0.1) is 0 Å². The fourth-order valence-corrected chi connectivity index (χ4v) is 3.63. The molecule has 0 amide bonds. The third kappa shape index (κ3) is 3.56. The van der Waals surface area contributed by atoms with Crippen molar-refractivity contribution < 1.29 is 13.6 Å². The lowest BCUT2D eigenvalue weighted by Crippen LogP contribution is -2.49. The van der Waals surface area contributed by atoms with E-state index in [1.165, 1.54) is 15.7 Å². The minimum absolute atomic E-state index is 0.0312. The van der Waals surface area contributed by atoms with Gasteiger partial charge in [-0.05, 0) is 19.8 Å². The zero-order chi connectivity index (χ0) is 13.8. The molecule has 1 unspecified atom stereocenters.